The van der Waals surface area contributed by atoms with Gasteiger partial charge in [-0.05, 0) is 42.1 Å². The lowest BCUT2D eigenvalue weighted by atomic mass is 10.1. The van der Waals surface area contributed by atoms with Crippen molar-refractivity contribution in [3.8, 4) is 5.82 Å². The van der Waals surface area contributed by atoms with Crippen molar-refractivity contribution >= 4 is 45.0 Å². The lowest BCUT2D eigenvalue weighted by Gasteiger charge is -2.13. The molecule has 0 aliphatic heterocycles. The van der Waals surface area contributed by atoms with E-state index in [1.54, 1.807) is 24.4 Å². The fourth-order valence-corrected chi connectivity index (χ4v) is 4.46. The van der Waals surface area contributed by atoms with Gasteiger partial charge in [0.05, 0.1) is 16.7 Å². The summed E-state index contributed by atoms with van der Waals surface area (Å²) in [4.78, 5) is 35.2. The minimum atomic E-state index is -0.214. The van der Waals surface area contributed by atoms with Gasteiger partial charge in [0, 0.05) is 17.3 Å². The molecule has 0 spiro atoms. The van der Waals surface area contributed by atoms with E-state index < -0.39 is 0 Å². The van der Waals surface area contributed by atoms with Crippen LogP contribution in [0.15, 0.2) is 95.0 Å². The number of rotatable bonds is 5. The number of amides is 1. The van der Waals surface area contributed by atoms with Crippen LogP contribution in [0.1, 0.15) is 5.56 Å². The number of anilines is 1. The van der Waals surface area contributed by atoms with Crippen molar-refractivity contribution in [2.45, 2.75) is 12.1 Å². The number of carbonyl (C=O) groups is 1. The molecule has 2 aromatic heterocycles. The second-order valence-electron chi connectivity index (χ2n) is 7.61. The first kappa shape index (κ1) is 20.9. The number of nitrogens with zero attached hydrogens (tertiary/aromatic N) is 3. The highest BCUT2D eigenvalue weighted by Crippen LogP contribution is 2.24. The molecule has 0 unspecified atom stereocenters. The lowest BCUT2D eigenvalue weighted by molar-refractivity contribution is -0.113. The number of aryl methyl sites for hydroxylation is 1. The highest BCUT2D eigenvalue weighted by Gasteiger charge is 2.16. The first-order valence-electron chi connectivity index (χ1n) is 10.5. The summed E-state index contributed by atoms with van der Waals surface area (Å²) in [6, 6.07) is 24.6. The van der Waals surface area contributed by atoms with Crippen molar-refractivity contribution in [1.82, 2.24) is 14.5 Å². The molecule has 0 saturated heterocycles. The number of benzene rings is 3. The Morgan fingerprint density at radius 1 is 0.939 bits per heavy atom. The van der Waals surface area contributed by atoms with Crippen LogP contribution >= 0.6 is 11.8 Å². The largest absolute Gasteiger partial charge is 0.325 e. The van der Waals surface area contributed by atoms with Gasteiger partial charge in [-0.15, -0.1) is 0 Å². The maximum atomic E-state index is 13.3. The molecule has 1 amide bonds. The second kappa shape index (κ2) is 8.88. The number of nitrogens with one attached hydrogen (secondary N) is 1. The number of hydrogen-bond donors (Lipinski definition) is 1. The number of para-hydroxylation sites is 1. The van der Waals surface area contributed by atoms with Gasteiger partial charge in [0.25, 0.3) is 5.56 Å². The van der Waals surface area contributed by atoms with Crippen LogP contribution in [0.5, 0.6) is 0 Å². The van der Waals surface area contributed by atoms with Gasteiger partial charge in [-0.3, -0.25) is 9.59 Å². The zero-order valence-corrected chi connectivity index (χ0v) is 18.7. The molecule has 0 fully saturated rings. The van der Waals surface area contributed by atoms with E-state index in [1.165, 1.54) is 16.3 Å². The van der Waals surface area contributed by atoms with E-state index in [2.05, 4.69) is 15.3 Å². The van der Waals surface area contributed by atoms with E-state index in [0.717, 1.165) is 22.0 Å². The average molecular weight is 453 g/mol. The van der Waals surface area contributed by atoms with Crippen LogP contribution in [0, 0.1) is 6.92 Å². The SMILES string of the molecule is Cc1ccc(-n2c(SCC(=O)Nc3cccc4ccccc34)nc3ccccc3c2=O)nc1. The molecular formula is C26H20N4O2S. The zero-order chi connectivity index (χ0) is 22.8. The standard InChI is InChI=1S/C26H20N4O2S/c1-17-13-14-23(27-15-17)30-25(32)20-10-4-5-11-22(20)29-26(30)33-16-24(31)28-21-12-6-8-18-7-2-3-9-19(18)21/h2-15H,16H2,1H3,(H,28,31). The number of carbonyl (C=O) groups excluding carboxylic acids is 1. The number of hydrogen-bond acceptors (Lipinski definition) is 5. The van der Waals surface area contributed by atoms with Gasteiger partial charge in [-0.1, -0.05) is 66.4 Å². The number of fused-ring (bicyclic) bond motifs is 2. The molecule has 33 heavy (non-hydrogen) atoms. The molecule has 0 saturated carbocycles. The Hall–Kier alpha value is -3.97. The summed E-state index contributed by atoms with van der Waals surface area (Å²) in [6.45, 7) is 1.94. The van der Waals surface area contributed by atoms with E-state index in [9.17, 15) is 9.59 Å². The van der Waals surface area contributed by atoms with Crippen LogP contribution in [0.4, 0.5) is 5.69 Å². The van der Waals surface area contributed by atoms with E-state index in [-0.39, 0.29) is 17.2 Å². The number of pyridine rings is 1. The quantitative estimate of drug-likeness (QED) is 0.301. The topological polar surface area (TPSA) is 76.9 Å². The summed E-state index contributed by atoms with van der Waals surface area (Å²) in [5.74, 6) is 0.392. The molecule has 2 heterocycles. The minimum absolute atomic E-state index is 0.0971. The maximum absolute atomic E-state index is 13.3. The van der Waals surface area contributed by atoms with Crippen LogP contribution in [0.25, 0.3) is 27.5 Å². The predicted molar refractivity (Wildman–Crippen MR) is 133 cm³/mol. The van der Waals surface area contributed by atoms with Gasteiger partial charge in [0.2, 0.25) is 5.91 Å². The summed E-state index contributed by atoms with van der Waals surface area (Å²) < 4.78 is 1.47. The third-order valence-electron chi connectivity index (χ3n) is 5.27. The van der Waals surface area contributed by atoms with Gasteiger partial charge in [0.1, 0.15) is 5.82 Å². The predicted octanol–water partition coefficient (Wildman–Crippen LogP) is 4.97. The molecular weight excluding hydrogens is 432 g/mol. The van der Waals surface area contributed by atoms with Gasteiger partial charge in [-0.2, -0.15) is 0 Å². The fourth-order valence-electron chi connectivity index (χ4n) is 3.65. The summed E-state index contributed by atoms with van der Waals surface area (Å²) in [6.07, 6.45) is 1.71. The first-order chi connectivity index (χ1) is 16.1. The highest BCUT2D eigenvalue weighted by molar-refractivity contribution is 7.99. The van der Waals surface area contributed by atoms with Gasteiger partial charge >= 0.3 is 0 Å². The zero-order valence-electron chi connectivity index (χ0n) is 17.9. The molecule has 5 aromatic rings. The smallest absolute Gasteiger partial charge is 0.267 e. The Labute approximate surface area is 194 Å². The van der Waals surface area contributed by atoms with Crippen molar-refractivity contribution in [3.05, 3.63) is 101 Å². The molecule has 162 valence electrons. The van der Waals surface area contributed by atoms with Crippen molar-refractivity contribution in [3.63, 3.8) is 0 Å². The Morgan fingerprint density at radius 2 is 1.70 bits per heavy atom. The first-order valence-corrected chi connectivity index (χ1v) is 11.4. The van der Waals surface area contributed by atoms with Crippen LogP contribution in [0.3, 0.4) is 0 Å². The number of aromatic nitrogens is 3. The summed E-state index contributed by atoms with van der Waals surface area (Å²) >= 11 is 1.21. The van der Waals surface area contributed by atoms with Crippen LogP contribution < -0.4 is 10.9 Å². The summed E-state index contributed by atoms with van der Waals surface area (Å²) in [5, 5.41) is 5.94. The summed E-state index contributed by atoms with van der Waals surface area (Å²) in [5.41, 5.74) is 2.11. The highest BCUT2D eigenvalue weighted by atomic mass is 32.2. The molecule has 0 aliphatic carbocycles. The molecule has 0 bridgehead atoms. The van der Waals surface area contributed by atoms with E-state index in [4.69, 9.17) is 0 Å². The molecule has 7 heteroatoms. The Kier molecular flexibility index (Phi) is 5.62. The summed E-state index contributed by atoms with van der Waals surface area (Å²) in [7, 11) is 0. The number of thioether (sulfide) groups is 1. The van der Waals surface area contributed by atoms with E-state index in [1.807, 2.05) is 67.6 Å². The van der Waals surface area contributed by atoms with E-state index >= 15 is 0 Å². The second-order valence-corrected chi connectivity index (χ2v) is 8.55. The van der Waals surface area contributed by atoms with Gasteiger partial charge in [0.15, 0.2) is 5.16 Å². The molecule has 0 atom stereocenters. The fraction of sp³-hybridized carbons (Fsp3) is 0.0769. The molecule has 0 radical (unpaired) electrons. The van der Waals surface area contributed by atoms with Gasteiger partial charge < -0.3 is 5.32 Å². The van der Waals surface area contributed by atoms with Crippen LogP contribution in [-0.2, 0) is 4.79 Å². The average Bonchev–Trinajstić information content (AvgIpc) is 2.84. The van der Waals surface area contributed by atoms with Crippen molar-refractivity contribution in [2.75, 3.05) is 11.1 Å². The minimum Gasteiger partial charge on any atom is -0.325 e. The van der Waals surface area contributed by atoms with Crippen LogP contribution in [-0.4, -0.2) is 26.2 Å². The van der Waals surface area contributed by atoms with Crippen molar-refractivity contribution in [2.24, 2.45) is 0 Å². The maximum Gasteiger partial charge on any atom is 0.267 e. The Bertz CT molecular complexity index is 1540. The normalized spacial score (nSPS) is 11.1. The van der Waals surface area contributed by atoms with Crippen LogP contribution in [0.2, 0.25) is 0 Å². The molecule has 3 aromatic carbocycles. The monoisotopic (exact) mass is 452 g/mol. The van der Waals surface area contributed by atoms with E-state index in [0.29, 0.717) is 21.9 Å². The molecule has 0 aliphatic rings. The molecule has 5 rings (SSSR count). The molecule has 1 N–H and O–H groups in total. The Balaban J connectivity index is 1.47. The van der Waals surface area contributed by atoms with Gasteiger partial charge in [-0.25, -0.2) is 14.5 Å². The van der Waals surface area contributed by atoms with Crippen molar-refractivity contribution < 1.29 is 4.79 Å². The van der Waals surface area contributed by atoms with Crippen molar-refractivity contribution in [1.29, 1.82) is 0 Å². The third kappa shape index (κ3) is 4.23. The Morgan fingerprint density at radius 3 is 2.52 bits per heavy atom. The third-order valence-corrected chi connectivity index (χ3v) is 6.20. The molecule has 6 nitrogen and oxygen atoms in total. The lowest BCUT2D eigenvalue weighted by Crippen LogP contribution is -2.23.